The number of nitrogens with one attached hydrogen (secondary N) is 1. The molecule has 1 aliphatic rings. The summed E-state index contributed by atoms with van der Waals surface area (Å²) in [4.78, 5) is 33.2. The third-order valence-corrected chi connectivity index (χ3v) is 9.26. The summed E-state index contributed by atoms with van der Waals surface area (Å²) in [6, 6.07) is 23.7. The number of phenols is 1. The van der Waals surface area contributed by atoms with Crippen molar-refractivity contribution in [1.29, 1.82) is 0 Å². The molecule has 0 saturated heterocycles. The van der Waals surface area contributed by atoms with Gasteiger partial charge in [0, 0.05) is 10.7 Å². The second kappa shape index (κ2) is 14.6. The number of thiazole rings is 1. The van der Waals surface area contributed by atoms with Crippen LogP contribution in [0, 0.1) is 0 Å². The Hall–Kier alpha value is -5.03. The normalized spacial score (nSPS) is 14.2. The van der Waals surface area contributed by atoms with Gasteiger partial charge in [-0.3, -0.25) is 14.2 Å². The van der Waals surface area contributed by atoms with Crippen LogP contribution < -0.4 is 34.4 Å². The molecular formula is C37H31Cl2N3O6S. The maximum absolute atomic E-state index is 14.3. The molecule has 0 spiro atoms. The molecule has 6 rings (SSSR count). The van der Waals surface area contributed by atoms with E-state index in [1.807, 2.05) is 30.3 Å². The number of para-hydroxylation sites is 1. The van der Waals surface area contributed by atoms with Crippen molar-refractivity contribution in [2.75, 3.05) is 19.0 Å². The third kappa shape index (κ3) is 7.22. The van der Waals surface area contributed by atoms with E-state index in [2.05, 4.69) is 5.32 Å². The number of ether oxygens (including phenoxy) is 3. The largest absolute Gasteiger partial charge is 0.504 e. The number of carbonyl (C=O) groups is 1. The van der Waals surface area contributed by atoms with E-state index in [4.69, 9.17) is 42.4 Å². The first-order valence-electron chi connectivity index (χ1n) is 15.3. The van der Waals surface area contributed by atoms with Crippen molar-refractivity contribution in [2.24, 2.45) is 4.99 Å². The van der Waals surface area contributed by atoms with Gasteiger partial charge < -0.3 is 24.6 Å². The van der Waals surface area contributed by atoms with Crippen LogP contribution in [0.5, 0.6) is 23.0 Å². The van der Waals surface area contributed by atoms with E-state index in [-0.39, 0.29) is 29.2 Å². The van der Waals surface area contributed by atoms with Crippen molar-refractivity contribution >= 4 is 52.2 Å². The molecule has 0 aliphatic carbocycles. The van der Waals surface area contributed by atoms with E-state index < -0.39 is 11.9 Å². The van der Waals surface area contributed by atoms with Gasteiger partial charge in [0.15, 0.2) is 27.8 Å². The number of aromatic nitrogens is 1. The summed E-state index contributed by atoms with van der Waals surface area (Å²) >= 11 is 13.9. The van der Waals surface area contributed by atoms with Gasteiger partial charge in [0.25, 0.3) is 11.5 Å². The molecule has 0 unspecified atom stereocenters. The Kier molecular flexibility index (Phi) is 10.1. The number of amides is 1. The molecule has 4 aromatic carbocycles. The van der Waals surface area contributed by atoms with Gasteiger partial charge in [-0.1, -0.05) is 70.9 Å². The molecule has 2 heterocycles. The summed E-state index contributed by atoms with van der Waals surface area (Å²) in [5.74, 6) is 0.519. The maximum atomic E-state index is 14.3. The third-order valence-electron chi connectivity index (χ3n) is 7.74. The number of halogens is 2. The molecule has 9 nitrogen and oxygen atoms in total. The zero-order valence-electron chi connectivity index (χ0n) is 26.7. The number of methoxy groups -OCH3 is 1. The molecule has 1 atom stereocenters. The van der Waals surface area contributed by atoms with Crippen LogP contribution in [0.1, 0.15) is 36.6 Å². The predicted octanol–water partition coefficient (Wildman–Crippen LogP) is 6.87. The molecule has 0 saturated carbocycles. The number of anilines is 1. The van der Waals surface area contributed by atoms with Crippen LogP contribution in [0.25, 0.3) is 6.08 Å². The molecular weight excluding hydrogens is 685 g/mol. The molecule has 0 radical (unpaired) electrons. The lowest BCUT2D eigenvalue weighted by Gasteiger charge is -2.26. The first-order valence-corrected chi connectivity index (χ1v) is 16.8. The number of rotatable bonds is 10. The van der Waals surface area contributed by atoms with Gasteiger partial charge in [0.05, 0.1) is 40.6 Å². The van der Waals surface area contributed by atoms with Gasteiger partial charge in [0.1, 0.15) is 6.61 Å². The van der Waals surface area contributed by atoms with Crippen LogP contribution >= 0.6 is 34.5 Å². The lowest BCUT2D eigenvalue weighted by molar-refractivity contribution is -0.113. The summed E-state index contributed by atoms with van der Waals surface area (Å²) in [6.45, 7) is 4.10. The molecule has 0 bridgehead atoms. The highest BCUT2D eigenvalue weighted by atomic mass is 35.5. The number of fused-ring (bicyclic) bond motifs is 1. The van der Waals surface area contributed by atoms with E-state index in [0.29, 0.717) is 60.0 Å². The Labute approximate surface area is 296 Å². The van der Waals surface area contributed by atoms with Gasteiger partial charge >= 0.3 is 0 Å². The fraction of sp³-hybridized carbons (Fsp3) is 0.162. The first kappa shape index (κ1) is 33.9. The average molecular weight is 717 g/mol. The van der Waals surface area contributed by atoms with Gasteiger partial charge in [-0.15, -0.1) is 0 Å². The van der Waals surface area contributed by atoms with Crippen molar-refractivity contribution in [3.8, 4) is 23.0 Å². The van der Waals surface area contributed by atoms with Crippen LogP contribution in [0.4, 0.5) is 5.69 Å². The number of nitrogens with zero attached hydrogens (tertiary/aromatic N) is 2. The fourth-order valence-electron chi connectivity index (χ4n) is 5.47. The second-order valence-corrected chi connectivity index (χ2v) is 12.9. The highest BCUT2D eigenvalue weighted by Crippen LogP contribution is 2.38. The van der Waals surface area contributed by atoms with E-state index >= 15 is 0 Å². The molecule has 5 aromatic rings. The SMILES string of the molecule is CCOc1cc([C@H]2C(C(=O)Nc3ccccc3)=C(C)N=c3s/c(=C\c4cc(Cl)c(OCc5ccc(Cl)cc5)c(OC)c4)c(=O)n32)ccc1O. The maximum Gasteiger partial charge on any atom is 0.271 e. The molecule has 12 heteroatoms. The van der Waals surface area contributed by atoms with Crippen molar-refractivity contribution in [2.45, 2.75) is 26.5 Å². The molecule has 49 heavy (non-hydrogen) atoms. The summed E-state index contributed by atoms with van der Waals surface area (Å²) < 4.78 is 19.1. The highest BCUT2D eigenvalue weighted by Gasteiger charge is 2.33. The van der Waals surface area contributed by atoms with E-state index in [0.717, 1.165) is 5.56 Å². The van der Waals surface area contributed by atoms with Gasteiger partial charge in [0.2, 0.25) is 0 Å². The quantitative estimate of drug-likeness (QED) is 0.163. The van der Waals surface area contributed by atoms with Crippen LogP contribution in [0.2, 0.25) is 10.0 Å². The summed E-state index contributed by atoms with van der Waals surface area (Å²) in [7, 11) is 1.51. The summed E-state index contributed by atoms with van der Waals surface area (Å²) in [5, 5.41) is 14.3. The number of benzene rings is 4. The van der Waals surface area contributed by atoms with E-state index in [9.17, 15) is 14.7 Å². The Morgan fingerprint density at radius 1 is 1.02 bits per heavy atom. The zero-order valence-corrected chi connectivity index (χ0v) is 29.0. The standard InChI is InChI=1S/C37H31Cl2N3O6S/c1-4-47-29-19-24(12-15-28(29)43)33-32(35(44)41-26-8-6-5-7-9-26)21(2)40-37-42(33)36(45)31(49-37)18-23-16-27(39)34(30(17-23)46-3)48-20-22-10-13-25(38)14-11-22/h5-19,33,43H,4,20H2,1-3H3,(H,41,44)/b31-18-/t33-/m0/s1. The van der Waals surface area contributed by atoms with Crippen molar-refractivity contribution in [3.63, 3.8) is 0 Å². The molecule has 1 aliphatic heterocycles. The fourth-order valence-corrected chi connectivity index (χ4v) is 6.92. The zero-order chi connectivity index (χ0) is 34.7. The van der Waals surface area contributed by atoms with Gasteiger partial charge in [-0.2, -0.15) is 0 Å². The molecule has 1 amide bonds. The minimum Gasteiger partial charge on any atom is -0.504 e. The number of aromatic hydroxyl groups is 1. The van der Waals surface area contributed by atoms with Crippen molar-refractivity contribution in [1.82, 2.24) is 4.57 Å². The lowest BCUT2D eigenvalue weighted by atomic mass is 9.94. The first-order chi connectivity index (χ1) is 23.7. The minimum atomic E-state index is -0.872. The van der Waals surface area contributed by atoms with Crippen molar-refractivity contribution in [3.05, 3.63) is 143 Å². The van der Waals surface area contributed by atoms with Gasteiger partial charge in [-0.05, 0) is 85.1 Å². The molecule has 1 aromatic heterocycles. The number of hydrogen-bond acceptors (Lipinski definition) is 8. The lowest BCUT2D eigenvalue weighted by Crippen LogP contribution is -2.40. The average Bonchev–Trinajstić information content (AvgIpc) is 3.39. The Morgan fingerprint density at radius 3 is 2.49 bits per heavy atom. The minimum absolute atomic E-state index is 0.0552. The predicted molar refractivity (Wildman–Crippen MR) is 192 cm³/mol. The number of hydrogen-bond donors (Lipinski definition) is 2. The van der Waals surface area contributed by atoms with Crippen LogP contribution in [-0.2, 0) is 11.4 Å². The smallest absolute Gasteiger partial charge is 0.271 e. The highest BCUT2D eigenvalue weighted by molar-refractivity contribution is 7.07. The number of carbonyl (C=O) groups excluding carboxylic acids is 1. The van der Waals surface area contributed by atoms with Gasteiger partial charge in [-0.25, -0.2) is 4.99 Å². The topological polar surface area (TPSA) is 111 Å². The Bertz CT molecular complexity index is 2250. The number of phenolic OH excluding ortho intramolecular Hbond substituents is 1. The number of allylic oxidation sites excluding steroid dienone is 1. The monoisotopic (exact) mass is 715 g/mol. The Balaban J connectivity index is 1.43. The molecule has 2 N–H and O–H groups in total. The summed E-state index contributed by atoms with van der Waals surface area (Å²) in [5.41, 5.74) is 3.02. The van der Waals surface area contributed by atoms with E-state index in [1.165, 1.54) is 29.1 Å². The molecule has 250 valence electrons. The van der Waals surface area contributed by atoms with Crippen molar-refractivity contribution < 1.29 is 24.1 Å². The Morgan fingerprint density at radius 2 is 1.78 bits per heavy atom. The second-order valence-electron chi connectivity index (χ2n) is 11.0. The van der Waals surface area contributed by atoms with Crippen LogP contribution in [0.3, 0.4) is 0 Å². The van der Waals surface area contributed by atoms with Crippen LogP contribution in [0.15, 0.2) is 106 Å². The van der Waals surface area contributed by atoms with Crippen LogP contribution in [-0.4, -0.2) is 29.3 Å². The summed E-state index contributed by atoms with van der Waals surface area (Å²) in [6.07, 6.45) is 1.70. The van der Waals surface area contributed by atoms with E-state index in [1.54, 1.807) is 68.5 Å². The molecule has 0 fully saturated rings.